The molecule has 1 aromatic heterocycles. The second-order valence-corrected chi connectivity index (χ2v) is 7.46. The molecule has 3 aromatic rings. The van der Waals surface area contributed by atoms with E-state index < -0.39 is 29.5 Å². The number of halogens is 2. The Morgan fingerprint density at radius 3 is 2.36 bits per heavy atom. The summed E-state index contributed by atoms with van der Waals surface area (Å²) in [6.07, 6.45) is 3.59. The molecule has 2 amide bonds. The molecule has 1 atom stereocenters. The number of benzene rings is 2. The van der Waals surface area contributed by atoms with Gasteiger partial charge in [0, 0.05) is 6.07 Å². The summed E-state index contributed by atoms with van der Waals surface area (Å²) >= 11 is 0. The van der Waals surface area contributed by atoms with Crippen molar-refractivity contribution in [3.63, 3.8) is 0 Å². The van der Waals surface area contributed by atoms with Gasteiger partial charge >= 0.3 is 0 Å². The number of amides is 2. The summed E-state index contributed by atoms with van der Waals surface area (Å²) in [5.41, 5.74) is 1.13. The summed E-state index contributed by atoms with van der Waals surface area (Å²) < 4.78 is 32.4. The molecule has 1 unspecified atom stereocenters. The van der Waals surface area contributed by atoms with Crippen LogP contribution < -0.4 is 15.4 Å². The highest BCUT2D eigenvalue weighted by Crippen LogP contribution is 2.23. The number of hydrogen-bond acceptors (Lipinski definition) is 5. The SMILES string of the molecule is CCCC(NC(=O)Cc1cc(F)cc(F)c1)C(=O)Nc1ncc(Oc2ccccc2C)cn1. The molecule has 7 nitrogen and oxygen atoms in total. The number of aromatic nitrogens is 2. The van der Waals surface area contributed by atoms with Crippen LogP contribution in [0.5, 0.6) is 11.5 Å². The summed E-state index contributed by atoms with van der Waals surface area (Å²) in [6.45, 7) is 3.78. The van der Waals surface area contributed by atoms with Gasteiger partial charge in [-0.25, -0.2) is 18.7 Å². The van der Waals surface area contributed by atoms with Crippen LogP contribution in [-0.4, -0.2) is 27.8 Å². The van der Waals surface area contributed by atoms with E-state index >= 15 is 0 Å². The van der Waals surface area contributed by atoms with Gasteiger partial charge in [0.15, 0.2) is 5.75 Å². The lowest BCUT2D eigenvalue weighted by atomic mass is 10.1. The summed E-state index contributed by atoms with van der Waals surface area (Å²) in [4.78, 5) is 33.2. The van der Waals surface area contributed by atoms with Gasteiger partial charge < -0.3 is 10.1 Å². The van der Waals surface area contributed by atoms with Crippen LogP contribution in [0.3, 0.4) is 0 Å². The van der Waals surface area contributed by atoms with Crippen LogP contribution in [0.4, 0.5) is 14.7 Å². The second kappa shape index (κ2) is 11.1. The Morgan fingerprint density at radius 2 is 1.73 bits per heavy atom. The van der Waals surface area contributed by atoms with Crippen molar-refractivity contribution in [2.75, 3.05) is 5.32 Å². The molecule has 0 aliphatic carbocycles. The van der Waals surface area contributed by atoms with E-state index in [-0.39, 0.29) is 17.9 Å². The van der Waals surface area contributed by atoms with E-state index in [0.29, 0.717) is 24.3 Å². The van der Waals surface area contributed by atoms with Gasteiger partial charge in [-0.3, -0.25) is 14.9 Å². The summed E-state index contributed by atoms with van der Waals surface area (Å²) in [5, 5.41) is 5.16. The van der Waals surface area contributed by atoms with E-state index in [2.05, 4.69) is 20.6 Å². The van der Waals surface area contributed by atoms with Gasteiger partial charge in [-0.1, -0.05) is 31.5 Å². The third-order valence-electron chi connectivity index (χ3n) is 4.70. The van der Waals surface area contributed by atoms with Gasteiger partial charge in [0.05, 0.1) is 18.8 Å². The highest BCUT2D eigenvalue weighted by Gasteiger charge is 2.21. The molecule has 2 aromatic carbocycles. The van der Waals surface area contributed by atoms with Crippen LogP contribution in [0.2, 0.25) is 0 Å². The molecule has 9 heteroatoms. The molecule has 0 saturated carbocycles. The number of carbonyl (C=O) groups is 2. The topological polar surface area (TPSA) is 93.2 Å². The molecule has 0 aliphatic rings. The van der Waals surface area contributed by atoms with E-state index in [4.69, 9.17) is 4.74 Å². The molecule has 0 aliphatic heterocycles. The number of carbonyl (C=O) groups excluding carboxylic acids is 2. The van der Waals surface area contributed by atoms with Crippen molar-refractivity contribution in [1.29, 1.82) is 0 Å². The van der Waals surface area contributed by atoms with Gasteiger partial charge in [0.2, 0.25) is 17.8 Å². The van der Waals surface area contributed by atoms with Crippen LogP contribution >= 0.6 is 0 Å². The van der Waals surface area contributed by atoms with Gasteiger partial charge in [-0.15, -0.1) is 0 Å². The minimum Gasteiger partial charge on any atom is -0.454 e. The van der Waals surface area contributed by atoms with Crippen molar-refractivity contribution in [2.24, 2.45) is 0 Å². The molecule has 2 N–H and O–H groups in total. The minimum absolute atomic E-state index is 0.0553. The highest BCUT2D eigenvalue weighted by molar-refractivity contribution is 5.96. The van der Waals surface area contributed by atoms with Crippen LogP contribution in [0.1, 0.15) is 30.9 Å². The average molecular weight is 454 g/mol. The zero-order chi connectivity index (χ0) is 23.8. The Morgan fingerprint density at radius 1 is 1.06 bits per heavy atom. The number of ether oxygens (including phenoxy) is 1. The first-order valence-electron chi connectivity index (χ1n) is 10.4. The molecule has 3 rings (SSSR count). The predicted molar refractivity (Wildman–Crippen MR) is 119 cm³/mol. The molecular weight excluding hydrogens is 430 g/mol. The Bertz CT molecular complexity index is 1100. The summed E-state index contributed by atoms with van der Waals surface area (Å²) in [6, 6.07) is 9.51. The Balaban J connectivity index is 1.60. The third kappa shape index (κ3) is 7.06. The maximum absolute atomic E-state index is 13.3. The molecule has 1 heterocycles. The molecule has 0 bridgehead atoms. The number of nitrogens with zero attached hydrogens (tertiary/aromatic N) is 2. The first kappa shape index (κ1) is 23.8. The maximum Gasteiger partial charge on any atom is 0.249 e. The van der Waals surface area contributed by atoms with Gasteiger partial charge in [0.1, 0.15) is 23.4 Å². The Kier molecular flexibility index (Phi) is 8.01. The normalized spacial score (nSPS) is 11.5. The maximum atomic E-state index is 13.3. The molecule has 172 valence electrons. The fraction of sp³-hybridized carbons (Fsp3) is 0.250. The van der Waals surface area contributed by atoms with Crippen molar-refractivity contribution in [3.8, 4) is 11.5 Å². The molecule has 0 saturated heterocycles. The smallest absolute Gasteiger partial charge is 0.249 e. The number of hydrogen-bond donors (Lipinski definition) is 2. The van der Waals surface area contributed by atoms with Crippen LogP contribution in [0.25, 0.3) is 0 Å². The fourth-order valence-electron chi connectivity index (χ4n) is 3.13. The number of nitrogens with one attached hydrogen (secondary N) is 2. The summed E-state index contributed by atoms with van der Waals surface area (Å²) in [7, 11) is 0. The zero-order valence-electron chi connectivity index (χ0n) is 18.3. The lowest BCUT2D eigenvalue weighted by Crippen LogP contribution is -2.44. The van der Waals surface area contributed by atoms with Crippen LogP contribution in [-0.2, 0) is 16.0 Å². The van der Waals surface area contributed by atoms with Crippen molar-refractivity contribution < 1.29 is 23.1 Å². The molecule has 0 fully saturated rings. The fourth-order valence-corrected chi connectivity index (χ4v) is 3.13. The first-order valence-corrected chi connectivity index (χ1v) is 10.4. The average Bonchev–Trinajstić information content (AvgIpc) is 2.75. The number of para-hydroxylation sites is 1. The third-order valence-corrected chi connectivity index (χ3v) is 4.70. The number of aryl methyl sites for hydroxylation is 1. The van der Waals surface area contributed by atoms with E-state index in [1.165, 1.54) is 12.4 Å². The first-order chi connectivity index (χ1) is 15.8. The van der Waals surface area contributed by atoms with E-state index in [9.17, 15) is 18.4 Å². The van der Waals surface area contributed by atoms with E-state index in [1.54, 1.807) is 0 Å². The Labute approximate surface area is 190 Å². The van der Waals surface area contributed by atoms with Gasteiger partial charge in [-0.05, 0) is 42.7 Å². The van der Waals surface area contributed by atoms with Crippen molar-refractivity contribution in [2.45, 2.75) is 39.2 Å². The molecule has 33 heavy (non-hydrogen) atoms. The second-order valence-electron chi connectivity index (χ2n) is 7.46. The predicted octanol–water partition coefficient (Wildman–Crippen LogP) is 4.32. The Hall–Kier alpha value is -3.88. The molecule has 0 spiro atoms. The van der Waals surface area contributed by atoms with Gasteiger partial charge in [0.25, 0.3) is 0 Å². The highest BCUT2D eigenvalue weighted by atomic mass is 19.1. The van der Waals surface area contributed by atoms with Crippen molar-refractivity contribution >= 4 is 17.8 Å². The quantitative estimate of drug-likeness (QED) is 0.502. The lowest BCUT2D eigenvalue weighted by molar-refractivity contribution is -0.126. The zero-order valence-corrected chi connectivity index (χ0v) is 18.3. The minimum atomic E-state index is -0.854. The number of rotatable bonds is 9. The van der Waals surface area contributed by atoms with E-state index in [0.717, 1.165) is 23.8 Å². The monoisotopic (exact) mass is 454 g/mol. The molecular formula is C24H24F2N4O3. The van der Waals surface area contributed by atoms with Crippen molar-refractivity contribution in [3.05, 3.63) is 77.6 Å². The van der Waals surface area contributed by atoms with Crippen LogP contribution in [0, 0.1) is 18.6 Å². The van der Waals surface area contributed by atoms with Gasteiger partial charge in [-0.2, -0.15) is 0 Å². The largest absolute Gasteiger partial charge is 0.454 e. The van der Waals surface area contributed by atoms with Crippen molar-refractivity contribution in [1.82, 2.24) is 15.3 Å². The van der Waals surface area contributed by atoms with E-state index in [1.807, 2.05) is 38.1 Å². The summed E-state index contributed by atoms with van der Waals surface area (Å²) in [5.74, 6) is -1.44. The lowest BCUT2D eigenvalue weighted by Gasteiger charge is -2.17. The molecule has 0 radical (unpaired) electrons. The standard InChI is InChI=1S/C24H24F2N4O3/c1-3-6-20(29-22(31)11-16-9-17(25)12-18(26)10-16)23(32)30-24-27-13-19(14-28-24)33-21-8-5-4-7-15(21)2/h4-5,7-10,12-14,20H,3,6,11H2,1-2H3,(H,29,31)(H,27,28,30,32). The number of anilines is 1. The van der Waals surface area contributed by atoms with Crippen LogP contribution in [0.15, 0.2) is 54.9 Å².